The van der Waals surface area contributed by atoms with E-state index in [9.17, 15) is 27.2 Å². The van der Waals surface area contributed by atoms with Crippen LogP contribution in [0.2, 0.25) is 0 Å². The Labute approximate surface area is 265 Å². The lowest BCUT2D eigenvalue weighted by Crippen LogP contribution is -2.38. The van der Waals surface area contributed by atoms with Crippen LogP contribution in [0, 0.1) is 11.6 Å². The SMILES string of the molecule is CCOc1cc([C@H](Nc2cc(C(N)=O)ccc2F)C(=O)N2CCCC2c2cc(NC(=O)OC)ccc2S(=O)(=O)C2CC2)ccc1F. The summed E-state index contributed by atoms with van der Waals surface area (Å²) in [6.45, 7) is 2.04. The predicted octanol–water partition coefficient (Wildman–Crippen LogP) is 5.09. The molecule has 46 heavy (non-hydrogen) atoms. The highest BCUT2D eigenvalue weighted by atomic mass is 32.2. The van der Waals surface area contributed by atoms with Gasteiger partial charge in [-0.25, -0.2) is 22.0 Å². The topological polar surface area (TPSA) is 157 Å². The molecule has 1 aliphatic heterocycles. The molecule has 3 aromatic rings. The lowest BCUT2D eigenvalue weighted by atomic mass is 10.0. The van der Waals surface area contributed by atoms with Crippen LogP contribution < -0.4 is 21.1 Å². The Morgan fingerprint density at radius 1 is 1.02 bits per heavy atom. The number of hydrogen-bond acceptors (Lipinski definition) is 8. The summed E-state index contributed by atoms with van der Waals surface area (Å²) in [4.78, 5) is 39.9. The number of methoxy groups -OCH3 is 1. The first-order valence-electron chi connectivity index (χ1n) is 14.8. The maximum atomic E-state index is 15.1. The largest absolute Gasteiger partial charge is 0.491 e. The van der Waals surface area contributed by atoms with E-state index in [0.717, 1.165) is 12.1 Å². The van der Waals surface area contributed by atoms with Gasteiger partial charge in [-0.3, -0.25) is 14.9 Å². The van der Waals surface area contributed by atoms with Crippen molar-refractivity contribution in [2.75, 3.05) is 30.9 Å². The van der Waals surface area contributed by atoms with Gasteiger partial charge in [0.2, 0.25) is 11.8 Å². The molecule has 3 amide bonds. The van der Waals surface area contributed by atoms with Crippen molar-refractivity contribution in [1.29, 1.82) is 0 Å². The second-order valence-electron chi connectivity index (χ2n) is 11.1. The minimum atomic E-state index is -3.74. The Balaban J connectivity index is 1.59. The molecule has 1 saturated carbocycles. The van der Waals surface area contributed by atoms with E-state index in [2.05, 4.69) is 10.6 Å². The third-order valence-corrected chi connectivity index (χ3v) is 10.3. The number of carbonyl (C=O) groups is 3. The number of nitrogens with two attached hydrogens (primary N) is 1. The van der Waals surface area contributed by atoms with Gasteiger partial charge in [0.15, 0.2) is 21.4 Å². The van der Waals surface area contributed by atoms with Crippen LogP contribution in [0.5, 0.6) is 5.75 Å². The van der Waals surface area contributed by atoms with Crippen LogP contribution in [0.1, 0.15) is 66.2 Å². The normalized spacial score (nSPS) is 16.9. The summed E-state index contributed by atoms with van der Waals surface area (Å²) in [5, 5.41) is 4.88. The van der Waals surface area contributed by atoms with E-state index >= 15 is 4.39 Å². The van der Waals surface area contributed by atoms with Crippen LogP contribution in [0.25, 0.3) is 0 Å². The Morgan fingerprint density at radius 3 is 2.43 bits per heavy atom. The molecular weight excluding hydrogens is 622 g/mol. The predicted molar refractivity (Wildman–Crippen MR) is 165 cm³/mol. The molecule has 2 fully saturated rings. The van der Waals surface area contributed by atoms with Crippen LogP contribution in [0.4, 0.5) is 25.0 Å². The third-order valence-electron chi connectivity index (χ3n) is 7.99. The molecule has 2 atom stereocenters. The van der Waals surface area contributed by atoms with E-state index < -0.39 is 56.7 Å². The van der Waals surface area contributed by atoms with Gasteiger partial charge in [-0.1, -0.05) is 6.07 Å². The molecule has 1 saturated heterocycles. The van der Waals surface area contributed by atoms with Crippen molar-refractivity contribution in [1.82, 2.24) is 4.90 Å². The molecule has 4 N–H and O–H groups in total. The van der Waals surface area contributed by atoms with Gasteiger partial charge in [0.1, 0.15) is 11.9 Å². The van der Waals surface area contributed by atoms with Gasteiger partial charge in [-0.05, 0) is 92.3 Å². The quantitative estimate of drug-likeness (QED) is 0.258. The molecule has 11 nitrogen and oxygen atoms in total. The molecule has 0 spiro atoms. The first-order chi connectivity index (χ1) is 21.9. The number of nitrogens with zero attached hydrogens (tertiary/aromatic N) is 1. The lowest BCUT2D eigenvalue weighted by molar-refractivity contribution is -0.133. The average molecular weight is 657 g/mol. The van der Waals surface area contributed by atoms with E-state index in [-0.39, 0.29) is 46.3 Å². The minimum Gasteiger partial charge on any atom is -0.491 e. The van der Waals surface area contributed by atoms with Gasteiger partial charge in [0.25, 0.3) is 0 Å². The summed E-state index contributed by atoms with van der Waals surface area (Å²) < 4.78 is 66.8. The Bertz CT molecular complexity index is 1780. The molecule has 3 aromatic carbocycles. The van der Waals surface area contributed by atoms with Crippen LogP contribution in [-0.4, -0.2) is 56.7 Å². The molecule has 14 heteroatoms. The third kappa shape index (κ3) is 6.76. The minimum absolute atomic E-state index is 0.00638. The first kappa shape index (κ1) is 32.7. The highest BCUT2D eigenvalue weighted by Crippen LogP contribution is 2.43. The number of amides is 3. The Kier molecular flexibility index (Phi) is 9.47. The molecule has 244 valence electrons. The van der Waals surface area contributed by atoms with Crippen molar-refractivity contribution in [3.63, 3.8) is 0 Å². The van der Waals surface area contributed by atoms with E-state index in [4.69, 9.17) is 15.2 Å². The van der Waals surface area contributed by atoms with Crippen LogP contribution in [0.3, 0.4) is 0 Å². The smallest absolute Gasteiger partial charge is 0.411 e. The van der Waals surface area contributed by atoms with Gasteiger partial charge >= 0.3 is 6.09 Å². The zero-order chi connectivity index (χ0) is 33.2. The molecule has 1 heterocycles. The number of rotatable bonds is 11. The standard InChI is InChI=1S/C32H34F2N4O7S/c1-3-45-27-16-18(6-12-24(27)34)29(37-25-15-19(30(35)39)7-11-23(25)33)31(40)38-14-4-5-26(38)22-17-20(36-32(41)44-2)8-13-28(22)46(42,43)21-9-10-21/h6-8,11-13,15-17,21,26,29,37H,3-5,9-10,14H2,1-2H3,(H2,35,39)(H,36,41)/t26?,29-/m0/s1. The van der Waals surface area contributed by atoms with Crippen LogP contribution in [0.15, 0.2) is 59.5 Å². The molecule has 5 rings (SSSR count). The summed E-state index contributed by atoms with van der Waals surface area (Å²) in [5.41, 5.74) is 6.03. The lowest BCUT2D eigenvalue weighted by Gasteiger charge is -2.31. The maximum absolute atomic E-state index is 15.1. The average Bonchev–Trinajstić information content (AvgIpc) is 3.79. The van der Waals surface area contributed by atoms with E-state index in [1.165, 1.54) is 54.5 Å². The number of primary amides is 1. The number of benzene rings is 3. The summed E-state index contributed by atoms with van der Waals surface area (Å²) >= 11 is 0. The fourth-order valence-corrected chi connectivity index (χ4v) is 7.49. The number of hydrogen-bond donors (Lipinski definition) is 3. The van der Waals surface area contributed by atoms with Crippen molar-refractivity contribution in [3.05, 3.63) is 82.9 Å². The highest BCUT2D eigenvalue weighted by Gasteiger charge is 2.42. The molecular formula is C32H34F2N4O7S. The van der Waals surface area contributed by atoms with Crippen LogP contribution in [-0.2, 0) is 19.4 Å². The molecule has 1 unspecified atom stereocenters. The maximum Gasteiger partial charge on any atom is 0.411 e. The Morgan fingerprint density at radius 2 is 1.76 bits per heavy atom. The van der Waals surface area contributed by atoms with Gasteiger partial charge in [0, 0.05) is 17.8 Å². The molecule has 2 aliphatic rings. The van der Waals surface area contributed by atoms with Gasteiger partial charge in [0.05, 0.1) is 35.6 Å². The number of likely N-dealkylation sites (tertiary alicyclic amines) is 1. The highest BCUT2D eigenvalue weighted by molar-refractivity contribution is 7.92. The monoisotopic (exact) mass is 656 g/mol. The van der Waals surface area contributed by atoms with Crippen molar-refractivity contribution in [2.24, 2.45) is 5.73 Å². The van der Waals surface area contributed by atoms with E-state index in [0.29, 0.717) is 31.2 Å². The fraction of sp³-hybridized carbons (Fsp3) is 0.344. The van der Waals surface area contributed by atoms with Crippen molar-refractivity contribution in [2.45, 2.75) is 54.8 Å². The van der Waals surface area contributed by atoms with Crippen molar-refractivity contribution in [3.8, 4) is 5.75 Å². The van der Waals surface area contributed by atoms with E-state index in [1.54, 1.807) is 6.92 Å². The van der Waals surface area contributed by atoms with Gasteiger partial charge in [-0.2, -0.15) is 0 Å². The molecule has 1 aliphatic carbocycles. The van der Waals surface area contributed by atoms with Gasteiger partial charge in [-0.15, -0.1) is 0 Å². The summed E-state index contributed by atoms with van der Waals surface area (Å²) in [6.07, 6.45) is 1.19. The number of halogens is 2. The number of sulfone groups is 1. The number of ether oxygens (including phenoxy) is 2. The molecule has 0 aromatic heterocycles. The molecule has 0 radical (unpaired) electrons. The van der Waals surface area contributed by atoms with Crippen molar-refractivity contribution >= 4 is 39.1 Å². The summed E-state index contributed by atoms with van der Waals surface area (Å²) in [6, 6.07) is 9.58. The number of anilines is 2. The van der Waals surface area contributed by atoms with Crippen molar-refractivity contribution < 1.29 is 41.1 Å². The fourth-order valence-electron chi connectivity index (χ4n) is 5.59. The zero-order valence-electron chi connectivity index (χ0n) is 25.2. The Hall–Kier alpha value is -4.72. The zero-order valence-corrected chi connectivity index (χ0v) is 26.0. The molecule has 0 bridgehead atoms. The second kappa shape index (κ2) is 13.3. The summed E-state index contributed by atoms with van der Waals surface area (Å²) in [7, 11) is -2.54. The number of nitrogens with one attached hydrogen (secondary N) is 2. The first-order valence-corrected chi connectivity index (χ1v) is 16.3. The second-order valence-corrected chi connectivity index (χ2v) is 13.3. The summed E-state index contributed by atoms with van der Waals surface area (Å²) in [5.74, 6) is -2.93. The van der Waals surface area contributed by atoms with Crippen LogP contribution >= 0.6 is 0 Å². The number of carbonyl (C=O) groups excluding carboxylic acids is 3. The van der Waals surface area contributed by atoms with Gasteiger partial charge < -0.3 is 25.4 Å². The van der Waals surface area contributed by atoms with E-state index in [1.807, 2.05) is 0 Å².